The number of aromatic nitrogens is 1. The van der Waals surface area contributed by atoms with Crippen molar-refractivity contribution in [3.05, 3.63) is 62.6 Å². The highest BCUT2D eigenvalue weighted by Crippen LogP contribution is 2.16. The first-order valence-corrected chi connectivity index (χ1v) is 7.41. The van der Waals surface area contributed by atoms with E-state index < -0.39 is 0 Å². The van der Waals surface area contributed by atoms with E-state index in [1.165, 1.54) is 0 Å². The number of aromatic amines is 1. The van der Waals surface area contributed by atoms with Crippen molar-refractivity contribution in [1.29, 1.82) is 5.26 Å². The summed E-state index contributed by atoms with van der Waals surface area (Å²) in [5.74, 6) is -0.0980. The first kappa shape index (κ1) is 16.5. The van der Waals surface area contributed by atoms with E-state index in [-0.39, 0.29) is 23.5 Å². The van der Waals surface area contributed by atoms with Crippen molar-refractivity contribution in [1.82, 2.24) is 4.98 Å². The highest BCUT2D eigenvalue weighted by Gasteiger charge is 2.13. The second-order valence-corrected chi connectivity index (χ2v) is 5.59. The van der Waals surface area contributed by atoms with Crippen LogP contribution >= 0.6 is 0 Å². The Hall–Kier alpha value is -2.87. The molecular weight excluding hydrogens is 290 g/mol. The van der Waals surface area contributed by atoms with Crippen molar-refractivity contribution in [2.75, 3.05) is 5.32 Å². The maximum atomic E-state index is 12.1. The van der Waals surface area contributed by atoms with Crippen LogP contribution in [0, 0.1) is 32.1 Å². The zero-order valence-corrected chi connectivity index (χ0v) is 13.5. The summed E-state index contributed by atoms with van der Waals surface area (Å²) in [7, 11) is 0. The fraction of sp³-hybridized carbons (Fsp3) is 0.278. The molecule has 23 heavy (non-hydrogen) atoms. The number of nitrogens with one attached hydrogen (secondary N) is 2. The third-order valence-electron chi connectivity index (χ3n) is 3.82. The Bertz CT molecular complexity index is 844. The first-order chi connectivity index (χ1) is 10.9. The van der Waals surface area contributed by atoms with Gasteiger partial charge in [0, 0.05) is 17.8 Å². The predicted octanol–water partition coefficient (Wildman–Crippen LogP) is 2.74. The number of aryl methyl sites for hydroxylation is 2. The van der Waals surface area contributed by atoms with Crippen LogP contribution in [-0.4, -0.2) is 10.9 Å². The van der Waals surface area contributed by atoms with E-state index >= 15 is 0 Å². The molecule has 0 unspecified atom stereocenters. The van der Waals surface area contributed by atoms with Gasteiger partial charge in [-0.2, -0.15) is 5.26 Å². The monoisotopic (exact) mass is 309 g/mol. The lowest BCUT2D eigenvalue weighted by Crippen LogP contribution is -2.18. The molecular formula is C18H19N3O2. The molecule has 2 aromatic rings. The van der Waals surface area contributed by atoms with E-state index in [9.17, 15) is 9.59 Å². The Balaban J connectivity index is 2.11. The summed E-state index contributed by atoms with van der Waals surface area (Å²) in [5.41, 5.74) is 3.78. The van der Waals surface area contributed by atoms with Gasteiger partial charge in [0.05, 0.1) is 0 Å². The summed E-state index contributed by atoms with van der Waals surface area (Å²) in [6, 6.07) is 9.52. The van der Waals surface area contributed by atoms with E-state index in [1.807, 2.05) is 37.3 Å². The Morgan fingerprint density at radius 1 is 1.30 bits per heavy atom. The number of carbonyl (C=O) groups is 1. The first-order valence-electron chi connectivity index (χ1n) is 7.41. The van der Waals surface area contributed by atoms with Gasteiger partial charge < -0.3 is 10.3 Å². The topological polar surface area (TPSA) is 85.8 Å². The van der Waals surface area contributed by atoms with Crippen LogP contribution in [0.15, 0.2) is 29.1 Å². The van der Waals surface area contributed by atoms with E-state index in [2.05, 4.69) is 10.3 Å². The van der Waals surface area contributed by atoms with Crippen molar-refractivity contribution in [3.63, 3.8) is 0 Å². The van der Waals surface area contributed by atoms with Crippen LogP contribution in [0.1, 0.15) is 34.4 Å². The average Bonchev–Trinajstić information content (AvgIpc) is 2.47. The minimum absolute atomic E-state index is 0.0980. The summed E-state index contributed by atoms with van der Waals surface area (Å²) < 4.78 is 0. The molecule has 2 N–H and O–H groups in total. The molecule has 0 aliphatic heterocycles. The number of anilines is 1. The van der Waals surface area contributed by atoms with Crippen LogP contribution in [0.2, 0.25) is 0 Å². The van der Waals surface area contributed by atoms with Gasteiger partial charge in [-0.3, -0.25) is 9.59 Å². The Morgan fingerprint density at radius 2 is 2.04 bits per heavy atom. The van der Waals surface area contributed by atoms with Crippen molar-refractivity contribution in [2.24, 2.45) is 0 Å². The lowest BCUT2D eigenvalue weighted by atomic mass is 9.99. The fourth-order valence-electron chi connectivity index (χ4n) is 2.61. The summed E-state index contributed by atoms with van der Waals surface area (Å²) in [5, 5.41) is 11.9. The van der Waals surface area contributed by atoms with Crippen LogP contribution in [0.3, 0.4) is 0 Å². The van der Waals surface area contributed by atoms with Crippen LogP contribution < -0.4 is 10.9 Å². The molecule has 5 nitrogen and oxygen atoms in total. The lowest BCUT2D eigenvalue weighted by molar-refractivity contribution is -0.116. The molecule has 0 fully saturated rings. The minimum atomic E-state index is -0.379. The summed E-state index contributed by atoms with van der Waals surface area (Å²) in [4.78, 5) is 26.5. The molecule has 5 heteroatoms. The number of benzene rings is 1. The van der Waals surface area contributed by atoms with Gasteiger partial charge in [-0.1, -0.05) is 12.1 Å². The number of nitriles is 1. The Kier molecular flexibility index (Phi) is 4.97. The minimum Gasteiger partial charge on any atom is -0.326 e. The second-order valence-electron chi connectivity index (χ2n) is 5.59. The third-order valence-corrected chi connectivity index (χ3v) is 3.82. The summed E-state index contributed by atoms with van der Waals surface area (Å²) in [6.45, 7) is 5.49. The van der Waals surface area contributed by atoms with Gasteiger partial charge in [0.15, 0.2) is 0 Å². The number of amides is 1. The van der Waals surface area contributed by atoms with Crippen LogP contribution in [0.5, 0.6) is 0 Å². The van der Waals surface area contributed by atoms with Crippen LogP contribution in [0.25, 0.3) is 0 Å². The lowest BCUT2D eigenvalue weighted by Gasteiger charge is -2.11. The number of nitrogens with zero attached hydrogens (tertiary/aromatic N) is 1. The maximum absolute atomic E-state index is 12.1. The molecule has 0 radical (unpaired) electrons. The van der Waals surface area contributed by atoms with Crippen molar-refractivity contribution in [3.8, 4) is 6.07 Å². The van der Waals surface area contributed by atoms with Gasteiger partial charge in [-0.25, -0.2) is 0 Å². The Labute approximate surface area is 135 Å². The number of rotatable bonds is 4. The summed E-state index contributed by atoms with van der Waals surface area (Å²) >= 11 is 0. The standard InChI is InChI=1S/C18H19N3O2/c1-11-5-4-6-14(9-11)21-17(22)8-7-15-12(2)16(10-19)18(23)20-13(15)3/h4-6,9H,7-8H2,1-3H3,(H,20,23)(H,21,22). The fourth-order valence-corrected chi connectivity index (χ4v) is 2.61. The van der Waals surface area contributed by atoms with Gasteiger partial charge in [0.25, 0.3) is 5.56 Å². The van der Waals surface area contributed by atoms with Gasteiger partial charge in [0.1, 0.15) is 11.6 Å². The van der Waals surface area contributed by atoms with Crippen LogP contribution in [-0.2, 0) is 11.2 Å². The number of carbonyl (C=O) groups excluding carboxylic acids is 1. The van der Waals surface area contributed by atoms with Crippen LogP contribution in [0.4, 0.5) is 5.69 Å². The molecule has 0 atom stereocenters. The number of pyridine rings is 1. The quantitative estimate of drug-likeness (QED) is 0.910. The van der Waals surface area contributed by atoms with Gasteiger partial charge in [-0.05, 0) is 56.0 Å². The predicted molar refractivity (Wildman–Crippen MR) is 89.4 cm³/mol. The molecule has 1 aromatic heterocycles. The molecule has 0 saturated carbocycles. The molecule has 0 aliphatic carbocycles. The molecule has 1 heterocycles. The van der Waals surface area contributed by atoms with E-state index in [4.69, 9.17) is 5.26 Å². The van der Waals surface area contributed by atoms with E-state index in [0.717, 1.165) is 16.8 Å². The van der Waals surface area contributed by atoms with Crippen molar-refractivity contribution in [2.45, 2.75) is 33.6 Å². The molecule has 0 spiro atoms. The zero-order chi connectivity index (χ0) is 17.0. The highest BCUT2D eigenvalue weighted by molar-refractivity contribution is 5.90. The average molecular weight is 309 g/mol. The van der Waals surface area contributed by atoms with Crippen molar-refractivity contribution >= 4 is 11.6 Å². The SMILES string of the molecule is Cc1cccc(NC(=O)CCc2c(C)[nH]c(=O)c(C#N)c2C)c1. The third kappa shape index (κ3) is 3.86. The van der Waals surface area contributed by atoms with Crippen molar-refractivity contribution < 1.29 is 4.79 Å². The molecule has 0 aliphatic rings. The smallest absolute Gasteiger partial charge is 0.266 e. The maximum Gasteiger partial charge on any atom is 0.266 e. The largest absolute Gasteiger partial charge is 0.326 e. The molecule has 1 aromatic carbocycles. The normalized spacial score (nSPS) is 10.2. The molecule has 0 saturated heterocycles. The zero-order valence-electron chi connectivity index (χ0n) is 13.5. The van der Waals surface area contributed by atoms with Gasteiger partial charge in [-0.15, -0.1) is 0 Å². The molecule has 0 bridgehead atoms. The second kappa shape index (κ2) is 6.93. The van der Waals surface area contributed by atoms with Gasteiger partial charge in [0.2, 0.25) is 5.91 Å². The molecule has 1 amide bonds. The van der Waals surface area contributed by atoms with E-state index in [0.29, 0.717) is 17.7 Å². The Morgan fingerprint density at radius 3 is 2.70 bits per heavy atom. The highest BCUT2D eigenvalue weighted by atomic mass is 16.1. The number of hydrogen-bond acceptors (Lipinski definition) is 3. The number of hydrogen-bond donors (Lipinski definition) is 2. The van der Waals surface area contributed by atoms with Gasteiger partial charge >= 0.3 is 0 Å². The summed E-state index contributed by atoms with van der Waals surface area (Å²) in [6.07, 6.45) is 0.757. The number of H-pyrrole nitrogens is 1. The molecule has 2 rings (SSSR count). The molecule has 118 valence electrons. The van der Waals surface area contributed by atoms with E-state index in [1.54, 1.807) is 13.8 Å².